The molecule has 1 amide bonds. The van der Waals surface area contributed by atoms with Gasteiger partial charge in [0.2, 0.25) is 5.91 Å². The first-order valence-corrected chi connectivity index (χ1v) is 7.67. The molecule has 1 aliphatic rings. The molecule has 1 aromatic rings. The Balaban J connectivity index is 1.96. The SMILES string of the molecule is Cc1c(Br)cccc1NC(=O)C1CCC(CN)CC1. The maximum Gasteiger partial charge on any atom is 0.227 e. The molecule has 1 aliphatic carbocycles. The minimum Gasteiger partial charge on any atom is -0.330 e. The minimum absolute atomic E-state index is 0.140. The van der Waals surface area contributed by atoms with E-state index < -0.39 is 0 Å². The number of hydrogen-bond donors (Lipinski definition) is 2. The average molecular weight is 325 g/mol. The quantitative estimate of drug-likeness (QED) is 0.894. The molecule has 0 bridgehead atoms. The Hall–Kier alpha value is -0.870. The summed E-state index contributed by atoms with van der Waals surface area (Å²) in [4.78, 5) is 12.3. The van der Waals surface area contributed by atoms with Gasteiger partial charge in [0.25, 0.3) is 0 Å². The molecule has 1 fully saturated rings. The monoisotopic (exact) mass is 324 g/mol. The predicted octanol–water partition coefficient (Wildman–Crippen LogP) is 3.46. The average Bonchev–Trinajstić information content (AvgIpc) is 2.44. The van der Waals surface area contributed by atoms with Gasteiger partial charge in [-0.1, -0.05) is 22.0 Å². The number of amides is 1. The predicted molar refractivity (Wildman–Crippen MR) is 82.0 cm³/mol. The normalized spacial score (nSPS) is 23.1. The number of anilines is 1. The van der Waals surface area contributed by atoms with Crippen molar-refractivity contribution in [1.82, 2.24) is 0 Å². The van der Waals surface area contributed by atoms with Crippen molar-refractivity contribution in [3.63, 3.8) is 0 Å². The van der Waals surface area contributed by atoms with Gasteiger partial charge >= 0.3 is 0 Å². The van der Waals surface area contributed by atoms with Crippen molar-refractivity contribution in [3.05, 3.63) is 28.2 Å². The van der Waals surface area contributed by atoms with E-state index in [0.29, 0.717) is 5.92 Å². The second-order valence-corrected chi connectivity index (χ2v) is 6.21. The van der Waals surface area contributed by atoms with E-state index in [0.717, 1.165) is 48.0 Å². The molecule has 104 valence electrons. The second-order valence-electron chi connectivity index (χ2n) is 5.35. The van der Waals surface area contributed by atoms with Gasteiger partial charge in [-0.3, -0.25) is 4.79 Å². The Bertz CT molecular complexity index is 453. The van der Waals surface area contributed by atoms with Crippen molar-refractivity contribution in [3.8, 4) is 0 Å². The van der Waals surface area contributed by atoms with E-state index in [1.54, 1.807) is 0 Å². The molecule has 0 radical (unpaired) electrons. The Morgan fingerprint density at radius 1 is 1.37 bits per heavy atom. The standard InChI is InChI=1S/C15H21BrN2O/c1-10-13(16)3-2-4-14(10)18-15(19)12-7-5-11(9-17)6-8-12/h2-4,11-12H,5-9,17H2,1H3,(H,18,19). The van der Waals surface area contributed by atoms with Crippen LogP contribution in [0.2, 0.25) is 0 Å². The molecule has 4 heteroatoms. The van der Waals surface area contributed by atoms with Crippen LogP contribution in [0.25, 0.3) is 0 Å². The smallest absolute Gasteiger partial charge is 0.227 e. The number of halogens is 1. The van der Waals surface area contributed by atoms with Crippen LogP contribution in [0.4, 0.5) is 5.69 Å². The van der Waals surface area contributed by atoms with Crippen LogP contribution in [0.1, 0.15) is 31.2 Å². The molecule has 3 N–H and O–H groups in total. The Kier molecular flexibility index (Phi) is 4.99. The molecule has 0 saturated heterocycles. The fourth-order valence-corrected chi connectivity index (χ4v) is 3.00. The molecule has 1 saturated carbocycles. The van der Waals surface area contributed by atoms with Gasteiger partial charge in [0.15, 0.2) is 0 Å². The fraction of sp³-hybridized carbons (Fsp3) is 0.533. The highest BCUT2D eigenvalue weighted by Crippen LogP contribution is 2.30. The van der Waals surface area contributed by atoms with Gasteiger partial charge in [-0.25, -0.2) is 0 Å². The van der Waals surface area contributed by atoms with E-state index in [1.165, 1.54) is 0 Å². The molecule has 1 aromatic carbocycles. The number of rotatable bonds is 3. The van der Waals surface area contributed by atoms with Gasteiger partial charge in [-0.15, -0.1) is 0 Å². The minimum atomic E-state index is 0.140. The van der Waals surface area contributed by atoms with Crippen molar-refractivity contribution in [2.24, 2.45) is 17.6 Å². The van der Waals surface area contributed by atoms with E-state index in [1.807, 2.05) is 25.1 Å². The highest BCUT2D eigenvalue weighted by molar-refractivity contribution is 9.10. The van der Waals surface area contributed by atoms with Crippen molar-refractivity contribution in [2.75, 3.05) is 11.9 Å². The van der Waals surface area contributed by atoms with Gasteiger partial charge < -0.3 is 11.1 Å². The fourth-order valence-electron chi connectivity index (χ4n) is 2.64. The first-order valence-electron chi connectivity index (χ1n) is 6.88. The molecule has 0 aromatic heterocycles. The number of carbonyl (C=O) groups excluding carboxylic acids is 1. The van der Waals surface area contributed by atoms with Crippen LogP contribution >= 0.6 is 15.9 Å². The largest absolute Gasteiger partial charge is 0.330 e. The Morgan fingerprint density at radius 3 is 2.68 bits per heavy atom. The highest BCUT2D eigenvalue weighted by Gasteiger charge is 2.25. The lowest BCUT2D eigenvalue weighted by Gasteiger charge is -2.27. The maximum atomic E-state index is 12.3. The highest BCUT2D eigenvalue weighted by atomic mass is 79.9. The third-order valence-corrected chi connectivity index (χ3v) is 4.94. The van der Waals surface area contributed by atoms with Crippen molar-refractivity contribution in [2.45, 2.75) is 32.6 Å². The van der Waals surface area contributed by atoms with Crippen LogP contribution in [-0.4, -0.2) is 12.5 Å². The molecular formula is C15H21BrN2O. The third-order valence-electron chi connectivity index (χ3n) is 4.08. The van der Waals surface area contributed by atoms with E-state index in [9.17, 15) is 4.79 Å². The second kappa shape index (κ2) is 6.53. The van der Waals surface area contributed by atoms with Crippen molar-refractivity contribution < 1.29 is 4.79 Å². The number of nitrogens with two attached hydrogens (primary N) is 1. The first-order chi connectivity index (χ1) is 9.11. The molecule has 3 nitrogen and oxygen atoms in total. The summed E-state index contributed by atoms with van der Waals surface area (Å²) in [6, 6.07) is 5.87. The zero-order chi connectivity index (χ0) is 13.8. The molecule has 0 heterocycles. The molecule has 19 heavy (non-hydrogen) atoms. The van der Waals surface area contributed by atoms with Crippen LogP contribution < -0.4 is 11.1 Å². The summed E-state index contributed by atoms with van der Waals surface area (Å²) in [5, 5.41) is 3.05. The molecule has 0 spiro atoms. The van der Waals surface area contributed by atoms with Crippen LogP contribution in [0.3, 0.4) is 0 Å². The van der Waals surface area contributed by atoms with Crippen LogP contribution in [0.5, 0.6) is 0 Å². The van der Waals surface area contributed by atoms with Crippen molar-refractivity contribution >= 4 is 27.5 Å². The zero-order valence-corrected chi connectivity index (χ0v) is 12.9. The van der Waals surface area contributed by atoms with Gasteiger partial charge in [-0.05, 0) is 62.8 Å². The van der Waals surface area contributed by atoms with E-state index in [2.05, 4.69) is 21.2 Å². The molecule has 0 atom stereocenters. The van der Waals surface area contributed by atoms with Crippen LogP contribution in [-0.2, 0) is 4.79 Å². The Labute approximate surface area is 123 Å². The number of hydrogen-bond acceptors (Lipinski definition) is 2. The molecule has 2 rings (SSSR count). The first kappa shape index (κ1) is 14.5. The van der Waals surface area contributed by atoms with E-state index >= 15 is 0 Å². The van der Waals surface area contributed by atoms with Crippen LogP contribution in [0, 0.1) is 18.8 Å². The third kappa shape index (κ3) is 3.57. The lowest BCUT2D eigenvalue weighted by atomic mass is 9.81. The van der Waals surface area contributed by atoms with E-state index in [4.69, 9.17) is 5.73 Å². The van der Waals surface area contributed by atoms with Gasteiger partial charge in [0, 0.05) is 16.1 Å². The summed E-state index contributed by atoms with van der Waals surface area (Å²) in [6.45, 7) is 2.75. The summed E-state index contributed by atoms with van der Waals surface area (Å²) in [5.74, 6) is 0.898. The summed E-state index contributed by atoms with van der Waals surface area (Å²) in [5.41, 5.74) is 7.66. The van der Waals surface area contributed by atoms with E-state index in [-0.39, 0.29) is 11.8 Å². The van der Waals surface area contributed by atoms with Crippen molar-refractivity contribution in [1.29, 1.82) is 0 Å². The maximum absolute atomic E-state index is 12.3. The van der Waals surface area contributed by atoms with Gasteiger partial charge in [0.05, 0.1) is 0 Å². The number of nitrogens with one attached hydrogen (secondary N) is 1. The topological polar surface area (TPSA) is 55.1 Å². The summed E-state index contributed by atoms with van der Waals surface area (Å²) < 4.78 is 1.03. The molecule has 0 unspecified atom stereocenters. The number of benzene rings is 1. The van der Waals surface area contributed by atoms with Gasteiger partial charge in [-0.2, -0.15) is 0 Å². The Morgan fingerprint density at radius 2 is 2.05 bits per heavy atom. The van der Waals surface area contributed by atoms with Gasteiger partial charge in [0.1, 0.15) is 0 Å². The molecule has 0 aliphatic heterocycles. The summed E-state index contributed by atoms with van der Waals surface area (Å²) in [6.07, 6.45) is 4.07. The lowest BCUT2D eigenvalue weighted by molar-refractivity contribution is -0.121. The van der Waals surface area contributed by atoms with Crippen LogP contribution in [0.15, 0.2) is 22.7 Å². The lowest BCUT2D eigenvalue weighted by Crippen LogP contribution is -2.29. The summed E-state index contributed by atoms with van der Waals surface area (Å²) in [7, 11) is 0. The molecular weight excluding hydrogens is 304 g/mol. The zero-order valence-electron chi connectivity index (χ0n) is 11.3. The summed E-state index contributed by atoms with van der Waals surface area (Å²) >= 11 is 3.48. The number of carbonyl (C=O) groups is 1.